The van der Waals surface area contributed by atoms with Gasteiger partial charge in [-0.3, -0.25) is 4.90 Å². The quantitative estimate of drug-likeness (QED) is 0.639. The van der Waals surface area contributed by atoms with Crippen LogP contribution in [-0.4, -0.2) is 47.8 Å². The molecule has 1 aliphatic rings. The highest BCUT2D eigenvalue weighted by molar-refractivity contribution is 4.86. The van der Waals surface area contributed by atoms with Crippen LogP contribution in [0.4, 0.5) is 0 Å². The van der Waals surface area contributed by atoms with Gasteiger partial charge in [0.25, 0.3) is 0 Å². The lowest BCUT2D eigenvalue weighted by molar-refractivity contribution is 0.162. The van der Waals surface area contributed by atoms with E-state index in [9.17, 15) is 5.11 Å². The molecule has 3 heteroatoms. The zero-order valence-electron chi connectivity index (χ0n) is 9.66. The maximum atomic E-state index is 9.24. The summed E-state index contributed by atoms with van der Waals surface area (Å²) < 4.78 is 0. The summed E-state index contributed by atoms with van der Waals surface area (Å²) in [5.41, 5.74) is 0. The normalized spacial score (nSPS) is 19.3. The minimum atomic E-state index is 0.250. The van der Waals surface area contributed by atoms with Crippen LogP contribution in [0.15, 0.2) is 0 Å². The fourth-order valence-corrected chi connectivity index (χ4v) is 1.73. The maximum absolute atomic E-state index is 9.24. The van der Waals surface area contributed by atoms with Gasteiger partial charge in [-0.25, -0.2) is 0 Å². The first-order valence-electron chi connectivity index (χ1n) is 5.78. The third-order valence-corrected chi connectivity index (χ3v) is 2.86. The van der Waals surface area contributed by atoms with Crippen LogP contribution >= 0.6 is 0 Å². The number of hydrogen-bond acceptors (Lipinski definition) is 3. The van der Waals surface area contributed by atoms with Crippen LogP contribution in [0.2, 0.25) is 0 Å². The predicted octanol–water partition coefficient (Wildman–Crippen LogP) is 0.830. The third kappa shape index (κ3) is 3.95. The fraction of sp³-hybridized carbons (Fsp3) is 1.00. The molecule has 1 rings (SSSR count). The highest BCUT2D eigenvalue weighted by Gasteiger charge is 2.25. The Morgan fingerprint density at radius 3 is 2.43 bits per heavy atom. The second-order valence-electron chi connectivity index (χ2n) is 4.50. The number of aliphatic hydroxyl groups is 1. The van der Waals surface area contributed by atoms with Crippen molar-refractivity contribution < 1.29 is 5.11 Å². The van der Waals surface area contributed by atoms with E-state index >= 15 is 0 Å². The van der Waals surface area contributed by atoms with Crippen molar-refractivity contribution in [3.8, 4) is 0 Å². The summed E-state index contributed by atoms with van der Waals surface area (Å²) in [6.07, 6.45) is 2.56. The molecule has 3 nitrogen and oxygen atoms in total. The van der Waals surface area contributed by atoms with E-state index in [2.05, 4.69) is 31.0 Å². The summed E-state index contributed by atoms with van der Waals surface area (Å²) >= 11 is 0. The van der Waals surface area contributed by atoms with Crippen molar-refractivity contribution in [3.05, 3.63) is 0 Å². The van der Waals surface area contributed by atoms with Crippen LogP contribution in [0.5, 0.6) is 0 Å². The summed E-state index contributed by atoms with van der Waals surface area (Å²) in [5.74, 6) is 0. The van der Waals surface area contributed by atoms with E-state index in [1.54, 1.807) is 0 Å². The molecule has 1 unspecified atom stereocenters. The van der Waals surface area contributed by atoms with Gasteiger partial charge in [-0.1, -0.05) is 6.92 Å². The Balaban J connectivity index is 2.28. The van der Waals surface area contributed by atoms with Gasteiger partial charge in [0.1, 0.15) is 0 Å². The van der Waals surface area contributed by atoms with Crippen molar-refractivity contribution in [1.82, 2.24) is 10.2 Å². The van der Waals surface area contributed by atoms with Crippen LogP contribution in [0.1, 0.15) is 33.6 Å². The Labute approximate surface area is 87.5 Å². The van der Waals surface area contributed by atoms with Gasteiger partial charge in [0.15, 0.2) is 0 Å². The molecule has 2 N–H and O–H groups in total. The molecule has 1 aliphatic carbocycles. The van der Waals surface area contributed by atoms with Gasteiger partial charge in [-0.15, -0.1) is 0 Å². The number of hydrogen-bond donors (Lipinski definition) is 2. The summed E-state index contributed by atoms with van der Waals surface area (Å²) in [4.78, 5) is 2.39. The molecular weight excluding hydrogens is 176 g/mol. The molecule has 0 heterocycles. The van der Waals surface area contributed by atoms with Gasteiger partial charge in [0.2, 0.25) is 0 Å². The fourth-order valence-electron chi connectivity index (χ4n) is 1.73. The molecule has 84 valence electrons. The van der Waals surface area contributed by atoms with Crippen molar-refractivity contribution in [1.29, 1.82) is 0 Å². The number of nitrogens with zero attached hydrogens (tertiary/aromatic N) is 1. The zero-order chi connectivity index (χ0) is 10.6. The molecule has 14 heavy (non-hydrogen) atoms. The summed E-state index contributed by atoms with van der Waals surface area (Å²) in [5, 5.41) is 12.7. The van der Waals surface area contributed by atoms with E-state index in [4.69, 9.17) is 0 Å². The van der Waals surface area contributed by atoms with Gasteiger partial charge in [0, 0.05) is 24.7 Å². The van der Waals surface area contributed by atoms with Crippen LogP contribution in [0.25, 0.3) is 0 Å². The Hall–Kier alpha value is -0.120. The van der Waals surface area contributed by atoms with Crippen LogP contribution in [0, 0.1) is 0 Å². The monoisotopic (exact) mass is 200 g/mol. The smallest absolute Gasteiger partial charge is 0.0597 e. The van der Waals surface area contributed by atoms with Gasteiger partial charge in [-0.2, -0.15) is 0 Å². The van der Waals surface area contributed by atoms with Gasteiger partial charge < -0.3 is 10.4 Å². The molecule has 0 radical (unpaired) electrons. The van der Waals surface area contributed by atoms with E-state index in [-0.39, 0.29) is 12.6 Å². The molecule has 1 fully saturated rings. The highest BCUT2D eigenvalue weighted by Crippen LogP contribution is 2.19. The van der Waals surface area contributed by atoms with Crippen molar-refractivity contribution in [3.63, 3.8) is 0 Å². The van der Waals surface area contributed by atoms with E-state index in [0.29, 0.717) is 12.1 Å². The highest BCUT2D eigenvalue weighted by atomic mass is 16.3. The second kappa shape index (κ2) is 5.69. The molecule has 0 aromatic carbocycles. The molecule has 0 saturated heterocycles. The topological polar surface area (TPSA) is 35.5 Å². The van der Waals surface area contributed by atoms with Crippen molar-refractivity contribution in [2.45, 2.75) is 51.7 Å². The summed E-state index contributed by atoms with van der Waals surface area (Å²) in [6.45, 7) is 8.84. The first-order valence-corrected chi connectivity index (χ1v) is 5.78. The molecule has 0 aromatic rings. The second-order valence-corrected chi connectivity index (χ2v) is 4.50. The SMILES string of the molecule is CCN(CC(CO)NC1CC1)C(C)C. The average molecular weight is 200 g/mol. The molecule has 0 aliphatic heterocycles. The van der Waals surface area contributed by atoms with Crippen LogP contribution < -0.4 is 5.32 Å². The minimum Gasteiger partial charge on any atom is -0.395 e. The van der Waals surface area contributed by atoms with E-state index < -0.39 is 0 Å². The molecular formula is C11H24N2O. The lowest BCUT2D eigenvalue weighted by atomic mass is 10.2. The van der Waals surface area contributed by atoms with Crippen molar-refractivity contribution in [2.75, 3.05) is 19.7 Å². The molecule has 1 atom stereocenters. The Morgan fingerprint density at radius 1 is 1.43 bits per heavy atom. The van der Waals surface area contributed by atoms with Gasteiger partial charge in [0.05, 0.1) is 6.61 Å². The molecule has 0 bridgehead atoms. The number of nitrogens with one attached hydrogen (secondary N) is 1. The number of aliphatic hydroxyl groups excluding tert-OH is 1. The number of rotatable bonds is 7. The van der Waals surface area contributed by atoms with Crippen molar-refractivity contribution in [2.24, 2.45) is 0 Å². The van der Waals surface area contributed by atoms with Gasteiger partial charge in [-0.05, 0) is 33.2 Å². The first-order chi connectivity index (χ1) is 6.67. The predicted molar refractivity (Wildman–Crippen MR) is 59.4 cm³/mol. The summed E-state index contributed by atoms with van der Waals surface area (Å²) in [6, 6.07) is 1.50. The third-order valence-electron chi connectivity index (χ3n) is 2.86. The average Bonchev–Trinajstić information content (AvgIpc) is 2.95. The van der Waals surface area contributed by atoms with Crippen molar-refractivity contribution >= 4 is 0 Å². The summed E-state index contributed by atoms with van der Waals surface area (Å²) in [7, 11) is 0. The van der Waals surface area contributed by atoms with Gasteiger partial charge >= 0.3 is 0 Å². The Bertz CT molecular complexity index is 157. The standard InChI is InChI=1S/C11H24N2O/c1-4-13(9(2)3)7-11(8-14)12-10-5-6-10/h9-12,14H,4-8H2,1-3H3. The van der Waals surface area contributed by atoms with Crippen LogP contribution in [-0.2, 0) is 0 Å². The zero-order valence-corrected chi connectivity index (χ0v) is 9.66. The van der Waals surface area contributed by atoms with Crippen LogP contribution in [0.3, 0.4) is 0 Å². The molecule has 0 aromatic heterocycles. The van der Waals surface area contributed by atoms with E-state index in [0.717, 1.165) is 13.1 Å². The number of likely N-dealkylation sites (N-methyl/N-ethyl adjacent to an activating group) is 1. The lowest BCUT2D eigenvalue weighted by Gasteiger charge is -2.29. The van der Waals surface area contributed by atoms with E-state index in [1.807, 2.05) is 0 Å². The lowest BCUT2D eigenvalue weighted by Crippen LogP contribution is -2.46. The molecule has 0 amide bonds. The Kier molecular flexibility index (Phi) is 4.85. The largest absolute Gasteiger partial charge is 0.395 e. The maximum Gasteiger partial charge on any atom is 0.0597 e. The molecule has 1 saturated carbocycles. The Morgan fingerprint density at radius 2 is 2.07 bits per heavy atom. The first kappa shape index (κ1) is 12.0. The molecule has 0 spiro atoms. The minimum absolute atomic E-state index is 0.250. The van der Waals surface area contributed by atoms with E-state index in [1.165, 1.54) is 12.8 Å².